The van der Waals surface area contributed by atoms with Gasteiger partial charge in [0.2, 0.25) is 0 Å². The number of nitro benzene ring substituents is 1. The Kier molecular flexibility index (Phi) is 4.39. The van der Waals surface area contributed by atoms with Crippen LogP contribution in [0.25, 0.3) is 11.0 Å². The third kappa shape index (κ3) is 3.18. The summed E-state index contributed by atoms with van der Waals surface area (Å²) in [5, 5.41) is 11.9. The average Bonchev–Trinajstić information content (AvgIpc) is 3.07. The smallest absolute Gasteiger partial charge is 0.270 e. The molecule has 2 aromatic carbocycles. The molecular formula is C17H15N3O5S. The summed E-state index contributed by atoms with van der Waals surface area (Å²) >= 11 is 1.46. The molecule has 134 valence electrons. The first-order chi connectivity index (χ1) is 12.6. The van der Waals surface area contributed by atoms with Crippen LogP contribution in [0.1, 0.15) is 11.1 Å². The Morgan fingerprint density at radius 1 is 1.38 bits per heavy atom. The molecule has 1 aliphatic rings. The second kappa shape index (κ2) is 6.85. The molecule has 2 heterocycles. The van der Waals surface area contributed by atoms with Gasteiger partial charge in [0.25, 0.3) is 5.69 Å². The monoisotopic (exact) mass is 373 g/mol. The summed E-state index contributed by atoms with van der Waals surface area (Å²) in [6.07, 6.45) is 0. The maximum Gasteiger partial charge on any atom is 0.270 e. The van der Waals surface area contributed by atoms with Crippen LogP contribution in [-0.4, -0.2) is 28.8 Å². The van der Waals surface area contributed by atoms with E-state index in [1.807, 2.05) is 18.2 Å². The topological polar surface area (TPSA) is 99.5 Å². The van der Waals surface area contributed by atoms with Crippen LogP contribution in [0.15, 0.2) is 35.5 Å². The summed E-state index contributed by atoms with van der Waals surface area (Å²) < 4.78 is 16.0. The first-order valence-corrected chi connectivity index (χ1v) is 8.80. The minimum atomic E-state index is -0.406. The fraction of sp³-hybridized carbons (Fsp3) is 0.235. The second-order valence-corrected chi connectivity index (χ2v) is 6.64. The Hall–Kier alpha value is -2.78. The van der Waals surface area contributed by atoms with Crippen molar-refractivity contribution >= 4 is 28.5 Å². The Morgan fingerprint density at radius 3 is 3.08 bits per heavy atom. The van der Waals surface area contributed by atoms with Crippen LogP contribution in [0, 0.1) is 10.1 Å². The number of nitrogens with one attached hydrogen (secondary N) is 1. The molecule has 1 aromatic heterocycles. The zero-order valence-electron chi connectivity index (χ0n) is 13.9. The van der Waals surface area contributed by atoms with Gasteiger partial charge in [0.1, 0.15) is 11.5 Å². The molecule has 0 bridgehead atoms. The van der Waals surface area contributed by atoms with Gasteiger partial charge < -0.3 is 19.2 Å². The molecule has 0 unspecified atom stereocenters. The maximum absolute atomic E-state index is 11.2. The summed E-state index contributed by atoms with van der Waals surface area (Å²) in [6, 6.07) is 8.65. The highest BCUT2D eigenvalue weighted by Gasteiger charge is 2.21. The van der Waals surface area contributed by atoms with Crippen LogP contribution in [0.3, 0.4) is 0 Å². The van der Waals surface area contributed by atoms with Gasteiger partial charge in [-0.15, -0.1) is 0 Å². The number of rotatable bonds is 5. The lowest BCUT2D eigenvalue weighted by Gasteiger charge is -2.20. The molecular weight excluding hydrogens is 358 g/mol. The molecule has 4 rings (SSSR count). The zero-order valence-corrected chi connectivity index (χ0v) is 14.7. The number of benzene rings is 2. The van der Waals surface area contributed by atoms with E-state index in [9.17, 15) is 10.1 Å². The molecule has 0 atom stereocenters. The fourth-order valence-electron chi connectivity index (χ4n) is 2.80. The Balaban J connectivity index is 1.61. The van der Waals surface area contributed by atoms with E-state index in [-0.39, 0.29) is 12.5 Å². The van der Waals surface area contributed by atoms with Crippen molar-refractivity contribution in [2.24, 2.45) is 0 Å². The van der Waals surface area contributed by atoms with E-state index in [0.717, 1.165) is 27.5 Å². The number of non-ortho nitro benzene ring substituents is 1. The van der Waals surface area contributed by atoms with Crippen LogP contribution >= 0.6 is 11.8 Å². The first kappa shape index (κ1) is 16.7. The van der Waals surface area contributed by atoms with Crippen molar-refractivity contribution in [3.8, 4) is 11.5 Å². The molecule has 3 aromatic rings. The number of nitro groups is 1. The molecule has 0 fully saturated rings. The highest BCUT2D eigenvalue weighted by Crippen LogP contribution is 2.36. The van der Waals surface area contributed by atoms with Crippen molar-refractivity contribution in [1.82, 2.24) is 9.97 Å². The van der Waals surface area contributed by atoms with E-state index < -0.39 is 4.92 Å². The fourth-order valence-corrected chi connectivity index (χ4v) is 3.65. The predicted octanol–water partition coefficient (Wildman–Crippen LogP) is 3.64. The number of ether oxygens (including phenoxy) is 3. The zero-order chi connectivity index (χ0) is 18.1. The van der Waals surface area contributed by atoms with Crippen LogP contribution in [-0.2, 0) is 17.1 Å². The van der Waals surface area contributed by atoms with E-state index in [1.54, 1.807) is 13.2 Å². The normalized spacial score (nSPS) is 13.3. The molecule has 1 N–H and O–H groups in total. The van der Waals surface area contributed by atoms with Gasteiger partial charge in [0.15, 0.2) is 11.9 Å². The molecule has 0 amide bonds. The van der Waals surface area contributed by atoms with Crippen molar-refractivity contribution < 1.29 is 19.1 Å². The van der Waals surface area contributed by atoms with E-state index in [2.05, 4.69) is 9.97 Å². The highest BCUT2D eigenvalue weighted by molar-refractivity contribution is 7.98. The Bertz CT molecular complexity index is 988. The molecule has 0 saturated carbocycles. The van der Waals surface area contributed by atoms with Gasteiger partial charge in [-0.3, -0.25) is 10.1 Å². The molecule has 1 aliphatic heterocycles. The molecule has 0 radical (unpaired) electrons. The molecule has 26 heavy (non-hydrogen) atoms. The van der Waals surface area contributed by atoms with Crippen LogP contribution in [0.4, 0.5) is 5.69 Å². The van der Waals surface area contributed by atoms with Crippen LogP contribution in [0.2, 0.25) is 0 Å². The number of imidazole rings is 1. The largest absolute Gasteiger partial charge is 0.497 e. The number of aromatic amines is 1. The number of aromatic nitrogens is 2. The molecule has 0 saturated heterocycles. The highest BCUT2D eigenvalue weighted by atomic mass is 32.2. The van der Waals surface area contributed by atoms with Gasteiger partial charge >= 0.3 is 0 Å². The SMILES string of the molecule is COc1ccc2nc(SCc3cc([N+](=O)[O-])cc4c3OCOC4)[nH]c2c1. The van der Waals surface area contributed by atoms with Gasteiger partial charge in [-0.2, -0.15) is 0 Å². The van der Waals surface area contributed by atoms with Crippen molar-refractivity contribution in [3.63, 3.8) is 0 Å². The van der Waals surface area contributed by atoms with Crippen molar-refractivity contribution in [1.29, 1.82) is 0 Å². The summed E-state index contributed by atoms with van der Waals surface area (Å²) in [5.74, 6) is 1.90. The van der Waals surface area contributed by atoms with Gasteiger partial charge in [-0.1, -0.05) is 11.8 Å². The quantitative estimate of drug-likeness (QED) is 0.414. The third-order valence-electron chi connectivity index (χ3n) is 4.01. The van der Waals surface area contributed by atoms with E-state index in [0.29, 0.717) is 23.7 Å². The standard InChI is InChI=1S/C17H15N3O5S/c1-23-13-2-3-14-15(6-13)19-17(18-14)26-8-11-5-12(20(21)22)4-10-7-24-9-25-16(10)11/h2-6H,7-9H2,1H3,(H,18,19). The number of H-pyrrole nitrogens is 1. The number of hydrogen-bond acceptors (Lipinski definition) is 7. The van der Waals surface area contributed by atoms with Crippen molar-refractivity contribution in [2.75, 3.05) is 13.9 Å². The van der Waals surface area contributed by atoms with Crippen LogP contribution < -0.4 is 9.47 Å². The van der Waals surface area contributed by atoms with E-state index >= 15 is 0 Å². The minimum Gasteiger partial charge on any atom is -0.497 e. The number of fused-ring (bicyclic) bond motifs is 2. The number of hydrogen-bond donors (Lipinski definition) is 1. The van der Waals surface area contributed by atoms with E-state index in [1.165, 1.54) is 17.8 Å². The summed E-state index contributed by atoms with van der Waals surface area (Å²) in [6.45, 7) is 0.450. The van der Waals surface area contributed by atoms with E-state index in [4.69, 9.17) is 14.2 Å². The van der Waals surface area contributed by atoms with Gasteiger partial charge in [0, 0.05) is 35.1 Å². The lowest BCUT2D eigenvalue weighted by Crippen LogP contribution is -2.13. The lowest BCUT2D eigenvalue weighted by atomic mass is 10.1. The van der Waals surface area contributed by atoms with Gasteiger partial charge in [-0.05, 0) is 12.1 Å². The minimum absolute atomic E-state index is 0.0304. The predicted molar refractivity (Wildman–Crippen MR) is 95.6 cm³/mol. The van der Waals surface area contributed by atoms with Gasteiger partial charge in [-0.25, -0.2) is 4.98 Å². The number of thioether (sulfide) groups is 1. The van der Waals surface area contributed by atoms with Crippen LogP contribution in [0.5, 0.6) is 11.5 Å². The Labute approximate surface area is 152 Å². The molecule has 0 aliphatic carbocycles. The number of nitrogens with zero attached hydrogens (tertiary/aromatic N) is 2. The molecule has 9 heteroatoms. The number of methoxy groups -OCH3 is 1. The lowest BCUT2D eigenvalue weighted by molar-refractivity contribution is -0.385. The maximum atomic E-state index is 11.2. The Morgan fingerprint density at radius 2 is 2.27 bits per heavy atom. The van der Waals surface area contributed by atoms with Gasteiger partial charge in [0.05, 0.1) is 29.7 Å². The third-order valence-corrected chi connectivity index (χ3v) is 4.94. The first-order valence-electron chi connectivity index (χ1n) is 7.81. The molecule has 0 spiro atoms. The summed E-state index contributed by atoms with van der Waals surface area (Å²) in [7, 11) is 1.61. The average molecular weight is 373 g/mol. The van der Waals surface area contributed by atoms with Crippen molar-refractivity contribution in [2.45, 2.75) is 17.5 Å². The second-order valence-electron chi connectivity index (χ2n) is 5.67. The summed E-state index contributed by atoms with van der Waals surface area (Å²) in [4.78, 5) is 18.5. The molecule has 8 nitrogen and oxygen atoms in total. The van der Waals surface area contributed by atoms with Crippen molar-refractivity contribution in [3.05, 3.63) is 51.6 Å². The summed E-state index contributed by atoms with van der Waals surface area (Å²) in [5.41, 5.74) is 3.18.